The Kier molecular flexibility index (Phi) is 2.90. The second kappa shape index (κ2) is 3.54. The largest absolute Gasteiger partial charge is 0.324 e. The fraction of sp³-hybridized carbons (Fsp3) is 0.333. The van der Waals surface area contributed by atoms with Gasteiger partial charge in [0, 0.05) is 9.61 Å². The summed E-state index contributed by atoms with van der Waals surface area (Å²) in [7, 11) is 0. The third kappa shape index (κ3) is 2.17. The summed E-state index contributed by atoms with van der Waals surface area (Å²) in [6.45, 7) is 4.10. The van der Waals surface area contributed by atoms with Crippen LogP contribution in [0.15, 0.2) is 18.2 Å². The summed E-state index contributed by atoms with van der Waals surface area (Å²) in [5.41, 5.74) is 8.25. The molecule has 0 heterocycles. The van der Waals surface area contributed by atoms with Crippen LogP contribution in [-0.2, 0) is 0 Å². The first kappa shape index (κ1) is 9.00. The molecule has 0 aliphatic rings. The number of hydrogen-bond donors (Lipinski definition) is 1. The van der Waals surface area contributed by atoms with Crippen molar-refractivity contribution in [2.24, 2.45) is 5.73 Å². The van der Waals surface area contributed by atoms with Gasteiger partial charge >= 0.3 is 0 Å². The van der Waals surface area contributed by atoms with Crippen molar-refractivity contribution in [1.82, 2.24) is 0 Å². The molecule has 0 saturated carbocycles. The second-order valence-electron chi connectivity index (χ2n) is 2.80. The molecular weight excluding hydrogens is 249 g/mol. The highest BCUT2D eigenvalue weighted by molar-refractivity contribution is 14.1. The SMILES string of the molecule is Cc1ccc([C@@H](C)N)cc1I. The Morgan fingerprint density at radius 3 is 2.55 bits per heavy atom. The Morgan fingerprint density at radius 2 is 2.09 bits per heavy atom. The van der Waals surface area contributed by atoms with Crippen molar-refractivity contribution in [2.75, 3.05) is 0 Å². The van der Waals surface area contributed by atoms with Crippen LogP contribution in [0.2, 0.25) is 0 Å². The van der Waals surface area contributed by atoms with Crippen LogP contribution in [-0.4, -0.2) is 0 Å². The molecule has 1 nitrogen and oxygen atoms in total. The highest BCUT2D eigenvalue weighted by atomic mass is 127. The molecule has 0 aliphatic carbocycles. The summed E-state index contributed by atoms with van der Waals surface area (Å²) in [4.78, 5) is 0. The Balaban J connectivity index is 3.05. The maximum absolute atomic E-state index is 5.73. The molecule has 0 fully saturated rings. The zero-order valence-corrected chi connectivity index (χ0v) is 8.92. The van der Waals surface area contributed by atoms with Gasteiger partial charge in [0.1, 0.15) is 0 Å². The summed E-state index contributed by atoms with van der Waals surface area (Å²) in [6, 6.07) is 6.48. The molecule has 1 rings (SSSR count). The van der Waals surface area contributed by atoms with E-state index in [1.54, 1.807) is 0 Å². The molecule has 1 aromatic rings. The maximum Gasteiger partial charge on any atom is 0.0266 e. The molecule has 2 heteroatoms. The average Bonchev–Trinajstić information content (AvgIpc) is 1.94. The van der Waals surface area contributed by atoms with E-state index in [1.165, 1.54) is 14.7 Å². The molecule has 0 bridgehead atoms. The first-order valence-corrected chi connectivity index (χ1v) is 4.71. The first-order chi connectivity index (χ1) is 5.11. The van der Waals surface area contributed by atoms with E-state index < -0.39 is 0 Å². The van der Waals surface area contributed by atoms with Crippen molar-refractivity contribution in [3.8, 4) is 0 Å². The first-order valence-electron chi connectivity index (χ1n) is 3.63. The number of aryl methyl sites for hydroxylation is 1. The van der Waals surface area contributed by atoms with Gasteiger partial charge in [-0.3, -0.25) is 0 Å². The van der Waals surface area contributed by atoms with E-state index in [9.17, 15) is 0 Å². The lowest BCUT2D eigenvalue weighted by atomic mass is 10.1. The minimum atomic E-state index is 0.143. The second-order valence-corrected chi connectivity index (χ2v) is 3.96. The standard InChI is InChI=1S/C9H12IN/c1-6-3-4-8(7(2)11)5-9(6)10/h3-5,7H,11H2,1-2H3/t7-/m1/s1. The van der Waals surface area contributed by atoms with E-state index in [0.717, 1.165) is 0 Å². The minimum Gasteiger partial charge on any atom is -0.324 e. The normalized spacial score (nSPS) is 13.1. The summed E-state index contributed by atoms with van der Waals surface area (Å²) in [5.74, 6) is 0. The summed E-state index contributed by atoms with van der Waals surface area (Å²) >= 11 is 2.33. The topological polar surface area (TPSA) is 26.0 Å². The summed E-state index contributed by atoms with van der Waals surface area (Å²) in [5, 5.41) is 0. The van der Waals surface area contributed by atoms with Gasteiger partial charge < -0.3 is 5.73 Å². The Hall–Kier alpha value is -0.0900. The number of nitrogens with two attached hydrogens (primary N) is 1. The van der Waals surface area contributed by atoms with Crippen molar-refractivity contribution in [3.63, 3.8) is 0 Å². The Labute approximate surface area is 81.1 Å². The molecule has 0 aliphatic heterocycles. The maximum atomic E-state index is 5.73. The quantitative estimate of drug-likeness (QED) is 0.772. The molecule has 0 unspecified atom stereocenters. The van der Waals surface area contributed by atoms with Crippen LogP contribution in [0.1, 0.15) is 24.1 Å². The van der Waals surface area contributed by atoms with E-state index in [4.69, 9.17) is 5.73 Å². The Morgan fingerprint density at radius 1 is 1.45 bits per heavy atom. The molecule has 11 heavy (non-hydrogen) atoms. The highest BCUT2D eigenvalue weighted by Crippen LogP contribution is 2.16. The number of halogens is 1. The molecular formula is C9H12IN. The number of rotatable bonds is 1. The van der Waals surface area contributed by atoms with Crippen molar-refractivity contribution in [1.29, 1.82) is 0 Å². The van der Waals surface area contributed by atoms with Crippen molar-refractivity contribution < 1.29 is 0 Å². The van der Waals surface area contributed by atoms with Gasteiger partial charge in [-0.05, 0) is 53.6 Å². The van der Waals surface area contributed by atoms with Gasteiger partial charge in [-0.15, -0.1) is 0 Å². The third-order valence-corrected chi connectivity index (χ3v) is 2.88. The smallest absolute Gasteiger partial charge is 0.0266 e. The van der Waals surface area contributed by atoms with Gasteiger partial charge in [-0.25, -0.2) is 0 Å². The van der Waals surface area contributed by atoms with E-state index in [0.29, 0.717) is 0 Å². The Bertz CT molecular complexity index is 256. The summed E-state index contributed by atoms with van der Waals surface area (Å²) in [6.07, 6.45) is 0. The molecule has 0 spiro atoms. The fourth-order valence-electron chi connectivity index (χ4n) is 0.892. The minimum absolute atomic E-state index is 0.143. The lowest BCUT2D eigenvalue weighted by Gasteiger charge is -2.06. The van der Waals surface area contributed by atoms with E-state index in [-0.39, 0.29) is 6.04 Å². The predicted molar refractivity (Wildman–Crippen MR) is 56.5 cm³/mol. The van der Waals surface area contributed by atoms with Gasteiger partial charge in [0.05, 0.1) is 0 Å². The number of benzene rings is 1. The molecule has 0 radical (unpaired) electrons. The van der Waals surface area contributed by atoms with Crippen LogP contribution < -0.4 is 5.73 Å². The lowest BCUT2D eigenvalue weighted by molar-refractivity contribution is 0.817. The van der Waals surface area contributed by atoms with Gasteiger partial charge in [0.15, 0.2) is 0 Å². The van der Waals surface area contributed by atoms with Crippen LogP contribution in [0, 0.1) is 10.5 Å². The zero-order valence-electron chi connectivity index (χ0n) is 6.76. The predicted octanol–water partition coefficient (Wildman–Crippen LogP) is 2.62. The molecule has 60 valence electrons. The summed E-state index contributed by atoms with van der Waals surface area (Å²) < 4.78 is 1.29. The van der Waals surface area contributed by atoms with Crippen molar-refractivity contribution in [2.45, 2.75) is 19.9 Å². The lowest BCUT2D eigenvalue weighted by Crippen LogP contribution is -2.05. The highest BCUT2D eigenvalue weighted by Gasteiger charge is 2.00. The van der Waals surface area contributed by atoms with Crippen LogP contribution >= 0.6 is 22.6 Å². The van der Waals surface area contributed by atoms with Gasteiger partial charge in [-0.2, -0.15) is 0 Å². The van der Waals surface area contributed by atoms with Gasteiger partial charge in [-0.1, -0.05) is 12.1 Å². The van der Waals surface area contributed by atoms with E-state index >= 15 is 0 Å². The van der Waals surface area contributed by atoms with Crippen molar-refractivity contribution >= 4 is 22.6 Å². The van der Waals surface area contributed by atoms with Crippen LogP contribution in [0.25, 0.3) is 0 Å². The van der Waals surface area contributed by atoms with Crippen molar-refractivity contribution in [3.05, 3.63) is 32.9 Å². The van der Waals surface area contributed by atoms with Gasteiger partial charge in [0.25, 0.3) is 0 Å². The molecule has 2 N–H and O–H groups in total. The number of hydrogen-bond acceptors (Lipinski definition) is 1. The monoisotopic (exact) mass is 261 g/mol. The van der Waals surface area contributed by atoms with Gasteiger partial charge in [0.2, 0.25) is 0 Å². The fourth-order valence-corrected chi connectivity index (χ4v) is 1.43. The van der Waals surface area contributed by atoms with E-state index in [2.05, 4.69) is 47.7 Å². The molecule has 0 saturated heterocycles. The molecule has 0 aromatic heterocycles. The molecule has 1 atom stereocenters. The molecule has 1 aromatic carbocycles. The average molecular weight is 261 g/mol. The third-order valence-electron chi connectivity index (χ3n) is 1.72. The molecule has 0 amide bonds. The zero-order chi connectivity index (χ0) is 8.43. The van der Waals surface area contributed by atoms with Crippen LogP contribution in [0.3, 0.4) is 0 Å². The van der Waals surface area contributed by atoms with Crippen LogP contribution in [0.4, 0.5) is 0 Å². The van der Waals surface area contributed by atoms with Crippen LogP contribution in [0.5, 0.6) is 0 Å². The van der Waals surface area contributed by atoms with E-state index in [1.807, 2.05) is 6.92 Å².